The van der Waals surface area contributed by atoms with Crippen molar-refractivity contribution in [3.8, 4) is 0 Å². The highest BCUT2D eigenvalue weighted by Gasteiger charge is 2.25. The molecule has 1 aliphatic heterocycles. The number of para-hydroxylation sites is 1. The molecule has 2 aromatic heterocycles. The minimum atomic E-state index is -0.460. The van der Waals surface area contributed by atoms with Gasteiger partial charge in [0, 0.05) is 45.5 Å². The Hall–Kier alpha value is -3.29. The molecule has 0 bridgehead atoms. The Morgan fingerprint density at radius 2 is 1.75 bits per heavy atom. The van der Waals surface area contributed by atoms with Gasteiger partial charge in [0.1, 0.15) is 0 Å². The topological polar surface area (TPSA) is 79.2 Å². The number of imidazole rings is 1. The smallest absolute Gasteiger partial charge is 0.329 e. The van der Waals surface area contributed by atoms with Gasteiger partial charge in [-0.25, -0.2) is 4.79 Å². The van der Waals surface area contributed by atoms with Crippen molar-refractivity contribution < 1.29 is 0 Å². The lowest BCUT2D eigenvalue weighted by Crippen LogP contribution is -2.47. The molecule has 1 N–H and O–H groups in total. The maximum absolute atomic E-state index is 12.5. The number of aromatic amines is 1. The van der Waals surface area contributed by atoms with Crippen LogP contribution in [0.3, 0.4) is 0 Å². The minimum absolute atomic E-state index is 0.399. The van der Waals surface area contributed by atoms with Gasteiger partial charge in [0.05, 0.1) is 0 Å². The molecule has 146 valence electrons. The van der Waals surface area contributed by atoms with E-state index in [0.717, 1.165) is 31.8 Å². The van der Waals surface area contributed by atoms with Crippen LogP contribution >= 0.6 is 0 Å². The SMILES string of the molecule is C=C(C)Cn1c(N2CCN(c3ccccc3)CC2)nc2c1c(=O)[nH]c(=O)n2C. The second-order valence-corrected chi connectivity index (χ2v) is 7.26. The Labute approximate surface area is 162 Å². The van der Waals surface area contributed by atoms with E-state index in [1.54, 1.807) is 7.05 Å². The zero-order valence-electron chi connectivity index (χ0n) is 16.2. The summed E-state index contributed by atoms with van der Waals surface area (Å²) < 4.78 is 3.25. The van der Waals surface area contributed by atoms with Gasteiger partial charge in [-0.3, -0.25) is 14.3 Å². The number of benzene rings is 1. The fourth-order valence-electron chi connectivity index (χ4n) is 3.69. The molecule has 0 saturated carbocycles. The van der Waals surface area contributed by atoms with Gasteiger partial charge < -0.3 is 14.4 Å². The van der Waals surface area contributed by atoms with Crippen LogP contribution in [-0.2, 0) is 13.6 Å². The first-order chi connectivity index (χ1) is 13.5. The molecule has 0 spiro atoms. The molecule has 8 nitrogen and oxygen atoms in total. The Kier molecular flexibility index (Phi) is 4.54. The summed E-state index contributed by atoms with van der Waals surface area (Å²) in [6.45, 7) is 9.65. The highest BCUT2D eigenvalue weighted by atomic mass is 16.2. The van der Waals surface area contributed by atoms with E-state index in [2.05, 4.69) is 38.5 Å². The standard InChI is InChI=1S/C20H24N6O2/c1-14(2)13-26-16-17(23(3)20(28)22-18(16)27)21-19(26)25-11-9-24(10-12-25)15-7-5-4-6-8-15/h4-8H,1,9-13H2,2-3H3,(H,22,27,28). The fraction of sp³-hybridized carbons (Fsp3) is 0.350. The third kappa shape index (κ3) is 3.11. The van der Waals surface area contributed by atoms with Gasteiger partial charge in [0.2, 0.25) is 5.95 Å². The van der Waals surface area contributed by atoms with Crippen LogP contribution in [0.5, 0.6) is 0 Å². The van der Waals surface area contributed by atoms with Crippen molar-refractivity contribution in [3.63, 3.8) is 0 Å². The number of aromatic nitrogens is 4. The van der Waals surface area contributed by atoms with E-state index in [1.807, 2.05) is 29.7 Å². The number of piperazine rings is 1. The van der Waals surface area contributed by atoms with E-state index in [9.17, 15) is 9.59 Å². The van der Waals surface area contributed by atoms with E-state index < -0.39 is 11.2 Å². The summed E-state index contributed by atoms with van der Waals surface area (Å²) in [5, 5.41) is 0. The number of H-pyrrole nitrogens is 1. The second-order valence-electron chi connectivity index (χ2n) is 7.26. The molecule has 0 atom stereocenters. The van der Waals surface area contributed by atoms with Gasteiger partial charge in [-0.2, -0.15) is 4.98 Å². The van der Waals surface area contributed by atoms with E-state index in [1.165, 1.54) is 10.3 Å². The summed E-state index contributed by atoms with van der Waals surface area (Å²) in [6, 6.07) is 10.3. The normalized spacial score (nSPS) is 14.6. The van der Waals surface area contributed by atoms with E-state index >= 15 is 0 Å². The van der Waals surface area contributed by atoms with Crippen LogP contribution < -0.4 is 21.0 Å². The molecule has 28 heavy (non-hydrogen) atoms. The summed E-state index contributed by atoms with van der Waals surface area (Å²) >= 11 is 0. The molecular formula is C20H24N6O2. The number of nitrogens with one attached hydrogen (secondary N) is 1. The lowest BCUT2D eigenvalue weighted by molar-refractivity contribution is 0.624. The molecule has 4 rings (SSSR count). The van der Waals surface area contributed by atoms with Crippen LogP contribution in [0.15, 0.2) is 52.1 Å². The van der Waals surface area contributed by atoms with E-state index in [4.69, 9.17) is 0 Å². The zero-order valence-corrected chi connectivity index (χ0v) is 16.2. The number of allylic oxidation sites excluding steroid dienone is 1. The number of fused-ring (bicyclic) bond motifs is 1. The number of rotatable bonds is 4. The van der Waals surface area contributed by atoms with Crippen molar-refractivity contribution in [3.05, 3.63) is 63.3 Å². The van der Waals surface area contributed by atoms with Gasteiger partial charge in [0.25, 0.3) is 5.56 Å². The first kappa shape index (κ1) is 18.1. The van der Waals surface area contributed by atoms with Crippen LogP contribution in [0, 0.1) is 0 Å². The predicted octanol–water partition coefficient (Wildman–Crippen LogP) is 1.33. The largest absolute Gasteiger partial charge is 0.368 e. The Morgan fingerprint density at radius 1 is 1.11 bits per heavy atom. The van der Waals surface area contributed by atoms with E-state index in [-0.39, 0.29) is 0 Å². The third-order valence-electron chi connectivity index (χ3n) is 5.10. The van der Waals surface area contributed by atoms with Crippen LogP contribution in [0.2, 0.25) is 0 Å². The first-order valence-corrected chi connectivity index (χ1v) is 9.34. The average Bonchev–Trinajstić information content (AvgIpc) is 3.06. The first-order valence-electron chi connectivity index (χ1n) is 9.34. The number of nitrogens with zero attached hydrogens (tertiary/aromatic N) is 5. The van der Waals surface area contributed by atoms with Crippen molar-refractivity contribution in [1.29, 1.82) is 0 Å². The minimum Gasteiger partial charge on any atom is -0.368 e. The molecule has 0 aliphatic carbocycles. The van der Waals surface area contributed by atoms with Gasteiger partial charge in [-0.05, 0) is 19.1 Å². The number of hydrogen-bond donors (Lipinski definition) is 1. The van der Waals surface area contributed by atoms with Crippen molar-refractivity contribution in [1.82, 2.24) is 19.1 Å². The van der Waals surface area contributed by atoms with Crippen LogP contribution in [0.4, 0.5) is 11.6 Å². The quantitative estimate of drug-likeness (QED) is 0.691. The molecule has 1 aliphatic rings. The van der Waals surface area contributed by atoms with Crippen molar-refractivity contribution in [2.75, 3.05) is 36.0 Å². The lowest BCUT2D eigenvalue weighted by atomic mass is 10.2. The Morgan fingerprint density at radius 3 is 2.39 bits per heavy atom. The predicted molar refractivity (Wildman–Crippen MR) is 111 cm³/mol. The number of anilines is 2. The molecule has 1 aromatic carbocycles. The maximum Gasteiger partial charge on any atom is 0.329 e. The molecule has 0 amide bonds. The second kappa shape index (κ2) is 7.03. The Bertz CT molecular complexity index is 1130. The highest BCUT2D eigenvalue weighted by molar-refractivity contribution is 5.74. The van der Waals surface area contributed by atoms with Gasteiger partial charge >= 0.3 is 5.69 Å². The monoisotopic (exact) mass is 380 g/mol. The molecule has 0 unspecified atom stereocenters. The summed E-state index contributed by atoms with van der Waals surface area (Å²) in [5.74, 6) is 0.706. The van der Waals surface area contributed by atoms with E-state index in [0.29, 0.717) is 23.7 Å². The zero-order chi connectivity index (χ0) is 19.8. The van der Waals surface area contributed by atoms with Crippen LogP contribution in [-0.4, -0.2) is 45.3 Å². The summed E-state index contributed by atoms with van der Waals surface area (Å²) in [6.07, 6.45) is 0. The molecule has 0 radical (unpaired) electrons. The summed E-state index contributed by atoms with van der Waals surface area (Å²) in [5.41, 5.74) is 2.05. The molecule has 3 aromatic rings. The van der Waals surface area contributed by atoms with Gasteiger partial charge in [0.15, 0.2) is 11.2 Å². The van der Waals surface area contributed by atoms with Crippen molar-refractivity contribution in [2.24, 2.45) is 7.05 Å². The summed E-state index contributed by atoms with van der Waals surface area (Å²) in [4.78, 5) is 36.1. The van der Waals surface area contributed by atoms with Gasteiger partial charge in [-0.15, -0.1) is 0 Å². The third-order valence-corrected chi connectivity index (χ3v) is 5.10. The lowest BCUT2D eigenvalue weighted by Gasteiger charge is -2.36. The van der Waals surface area contributed by atoms with Crippen molar-refractivity contribution in [2.45, 2.75) is 13.5 Å². The maximum atomic E-state index is 12.5. The van der Waals surface area contributed by atoms with Gasteiger partial charge in [-0.1, -0.05) is 30.4 Å². The average molecular weight is 380 g/mol. The summed E-state index contributed by atoms with van der Waals surface area (Å²) in [7, 11) is 1.62. The molecule has 1 saturated heterocycles. The fourth-order valence-corrected chi connectivity index (χ4v) is 3.69. The highest BCUT2D eigenvalue weighted by Crippen LogP contribution is 2.23. The molecule has 8 heteroatoms. The Balaban J connectivity index is 1.72. The number of hydrogen-bond acceptors (Lipinski definition) is 5. The molecule has 1 fully saturated rings. The van der Waals surface area contributed by atoms with Crippen LogP contribution in [0.25, 0.3) is 11.2 Å². The molecular weight excluding hydrogens is 356 g/mol. The number of aryl methyl sites for hydroxylation is 1. The van der Waals surface area contributed by atoms with Crippen LogP contribution in [0.1, 0.15) is 6.92 Å². The van der Waals surface area contributed by atoms with Crippen molar-refractivity contribution >= 4 is 22.8 Å². The molecule has 3 heterocycles.